The SMILES string of the molecule is COc1cc(CO)cc(OC)c1C(=O)N1CCC(CCCCNC(=O)/C=C/c2cccnc2F)CC1. The number of carbonyl (C=O) groups is 2. The molecule has 0 bridgehead atoms. The van der Waals surface area contributed by atoms with Crippen molar-refractivity contribution >= 4 is 17.9 Å². The molecular weight excluding hydrogens is 465 g/mol. The Bertz CT molecular complexity index is 1040. The number of piperidine rings is 1. The maximum absolute atomic E-state index is 13.5. The Morgan fingerprint density at radius 3 is 2.50 bits per heavy atom. The summed E-state index contributed by atoms with van der Waals surface area (Å²) in [7, 11) is 3.00. The van der Waals surface area contributed by atoms with E-state index in [4.69, 9.17) is 9.47 Å². The van der Waals surface area contributed by atoms with E-state index >= 15 is 0 Å². The molecule has 0 aliphatic carbocycles. The fourth-order valence-corrected chi connectivity index (χ4v) is 4.37. The zero-order valence-electron chi connectivity index (χ0n) is 20.8. The molecule has 194 valence electrons. The average Bonchev–Trinajstić information content (AvgIpc) is 2.91. The standard InChI is InChI=1S/C27H34FN3O5/c1-35-22-16-20(18-32)17-23(36-2)25(22)27(34)31-14-10-19(11-15-31)6-3-4-12-29-24(33)9-8-21-7-5-13-30-26(21)28/h5,7-9,13,16-17,19,32H,3-4,6,10-12,14-15,18H2,1-2H3,(H,29,33)/b9-8+. The molecule has 0 atom stereocenters. The van der Waals surface area contributed by atoms with E-state index < -0.39 is 5.95 Å². The Kier molecular flexibility index (Phi) is 10.2. The predicted octanol–water partition coefficient (Wildman–Crippen LogP) is 3.58. The number of amides is 2. The van der Waals surface area contributed by atoms with Crippen LogP contribution < -0.4 is 14.8 Å². The van der Waals surface area contributed by atoms with Gasteiger partial charge in [-0.15, -0.1) is 0 Å². The van der Waals surface area contributed by atoms with Gasteiger partial charge in [-0.25, -0.2) is 4.98 Å². The van der Waals surface area contributed by atoms with Crippen molar-refractivity contribution in [2.75, 3.05) is 33.9 Å². The van der Waals surface area contributed by atoms with Crippen LogP contribution in [0.5, 0.6) is 11.5 Å². The normalized spacial score (nSPS) is 14.2. The second-order valence-electron chi connectivity index (χ2n) is 8.77. The first-order valence-electron chi connectivity index (χ1n) is 12.2. The summed E-state index contributed by atoms with van der Waals surface area (Å²) in [6.07, 6.45) is 8.78. The number of likely N-dealkylation sites (tertiary alicyclic amines) is 1. The van der Waals surface area contributed by atoms with Crippen LogP contribution in [0.25, 0.3) is 6.08 Å². The van der Waals surface area contributed by atoms with Crippen molar-refractivity contribution in [3.8, 4) is 11.5 Å². The summed E-state index contributed by atoms with van der Waals surface area (Å²) in [6.45, 7) is 1.70. The summed E-state index contributed by atoms with van der Waals surface area (Å²) < 4.78 is 24.3. The van der Waals surface area contributed by atoms with Gasteiger partial charge in [0.15, 0.2) is 0 Å². The zero-order valence-corrected chi connectivity index (χ0v) is 20.8. The number of aliphatic hydroxyl groups is 1. The van der Waals surface area contributed by atoms with Crippen molar-refractivity contribution in [2.24, 2.45) is 5.92 Å². The van der Waals surface area contributed by atoms with Crippen molar-refractivity contribution < 1.29 is 28.6 Å². The van der Waals surface area contributed by atoms with Gasteiger partial charge >= 0.3 is 0 Å². The maximum Gasteiger partial charge on any atom is 0.261 e. The van der Waals surface area contributed by atoms with Gasteiger partial charge in [-0.05, 0) is 61.1 Å². The molecule has 2 amide bonds. The number of aromatic nitrogens is 1. The van der Waals surface area contributed by atoms with Crippen LogP contribution in [-0.2, 0) is 11.4 Å². The van der Waals surface area contributed by atoms with E-state index in [9.17, 15) is 19.1 Å². The van der Waals surface area contributed by atoms with Gasteiger partial charge in [-0.1, -0.05) is 12.8 Å². The van der Waals surface area contributed by atoms with E-state index in [-0.39, 0.29) is 24.0 Å². The lowest BCUT2D eigenvalue weighted by atomic mass is 9.91. The van der Waals surface area contributed by atoms with E-state index in [0.717, 1.165) is 32.1 Å². The lowest BCUT2D eigenvalue weighted by molar-refractivity contribution is -0.116. The number of nitrogens with zero attached hydrogens (tertiary/aromatic N) is 2. The van der Waals surface area contributed by atoms with Crippen LogP contribution in [0.1, 0.15) is 53.6 Å². The minimum Gasteiger partial charge on any atom is -0.496 e. The molecule has 2 aromatic rings. The van der Waals surface area contributed by atoms with Crippen molar-refractivity contribution in [2.45, 2.75) is 38.7 Å². The van der Waals surface area contributed by atoms with Gasteiger partial charge < -0.3 is 24.8 Å². The van der Waals surface area contributed by atoms with Gasteiger partial charge in [0.25, 0.3) is 5.91 Å². The summed E-state index contributed by atoms with van der Waals surface area (Å²) in [4.78, 5) is 30.5. The smallest absolute Gasteiger partial charge is 0.261 e. The highest BCUT2D eigenvalue weighted by molar-refractivity contribution is 6.00. The minimum atomic E-state index is -0.604. The number of unbranched alkanes of at least 4 members (excludes halogenated alkanes) is 1. The van der Waals surface area contributed by atoms with Crippen LogP contribution >= 0.6 is 0 Å². The van der Waals surface area contributed by atoms with Gasteiger partial charge in [-0.3, -0.25) is 9.59 Å². The molecule has 1 aliphatic heterocycles. The number of ether oxygens (including phenoxy) is 2. The first kappa shape index (κ1) is 27.1. The Morgan fingerprint density at radius 1 is 1.19 bits per heavy atom. The second kappa shape index (κ2) is 13.6. The molecule has 2 heterocycles. The Labute approximate surface area is 211 Å². The third-order valence-corrected chi connectivity index (χ3v) is 6.40. The molecule has 1 aromatic carbocycles. The number of nitrogens with one attached hydrogen (secondary N) is 1. The highest BCUT2D eigenvalue weighted by Crippen LogP contribution is 2.33. The molecule has 36 heavy (non-hydrogen) atoms. The number of benzene rings is 1. The minimum absolute atomic E-state index is 0.131. The molecule has 1 saturated heterocycles. The number of methoxy groups -OCH3 is 2. The highest BCUT2D eigenvalue weighted by atomic mass is 19.1. The van der Waals surface area contributed by atoms with Gasteiger partial charge in [-0.2, -0.15) is 4.39 Å². The summed E-state index contributed by atoms with van der Waals surface area (Å²) in [5.74, 6) is 0.323. The molecule has 2 N–H and O–H groups in total. The number of hydrogen-bond donors (Lipinski definition) is 2. The molecule has 0 saturated carbocycles. The molecule has 1 fully saturated rings. The molecule has 8 nitrogen and oxygen atoms in total. The lowest BCUT2D eigenvalue weighted by Gasteiger charge is -2.32. The Morgan fingerprint density at radius 2 is 1.89 bits per heavy atom. The van der Waals surface area contributed by atoms with E-state index in [0.29, 0.717) is 48.2 Å². The van der Waals surface area contributed by atoms with Crippen LogP contribution in [0.3, 0.4) is 0 Å². The number of carbonyl (C=O) groups excluding carboxylic acids is 2. The number of halogens is 1. The summed E-state index contributed by atoms with van der Waals surface area (Å²) >= 11 is 0. The molecule has 1 aromatic heterocycles. The Balaban J connectivity index is 1.39. The Hall–Kier alpha value is -3.46. The topological polar surface area (TPSA) is 101 Å². The predicted molar refractivity (Wildman–Crippen MR) is 134 cm³/mol. The third kappa shape index (κ3) is 7.27. The summed E-state index contributed by atoms with van der Waals surface area (Å²) in [5.41, 5.74) is 1.27. The van der Waals surface area contributed by atoms with Gasteiger partial charge in [0, 0.05) is 37.5 Å². The van der Waals surface area contributed by atoms with Crippen molar-refractivity contribution in [3.63, 3.8) is 0 Å². The fraction of sp³-hybridized carbons (Fsp3) is 0.444. The summed E-state index contributed by atoms with van der Waals surface area (Å²) in [5, 5.41) is 12.3. The molecule has 0 spiro atoms. The maximum atomic E-state index is 13.5. The van der Waals surface area contributed by atoms with Gasteiger partial charge in [0.1, 0.15) is 17.1 Å². The van der Waals surface area contributed by atoms with E-state index in [1.807, 2.05) is 4.90 Å². The highest BCUT2D eigenvalue weighted by Gasteiger charge is 2.28. The van der Waals surface area contributed by atoms with Gasteiger partial charge in [0.05, 0.1) is 20.8 Å². The third-order valence-electron chi connectivity index (χ3n) is 6.40. The van der Waals surface area contributed by atoms with Crippen LogP contribution in [0.4, 0.5) is 4.39 Å². The van der Waals surface area contributed by atoms with Crippen molar-refractivity contribution in [1.29, 1.82) is 0 Å². The molecule has 0 unspecified atom stereocenters. The first-order valence-corrected chi connectivity index (χ1v) is 12.2. The van der Waals surface area contributed by atoms with Gasteiger partial charge in [0.2, 0.25) is 11.9 Å². The molecule has 0 radical (unpaired) electrons. The number of pyridine rings is 1. The second-order valence-corrected chi connectivity index (χ2v) is 8.77. The van der Waals surface area contributed by atoms with Crippen molar-refractivity contribution in [1.82, 2.24) is 15.2 Å². The lowest BCUT2D eigenvalue weighted by Crippen LogP contribution is -2.38. The molecular formula is C27H34FN3O5. The number of rotatable bonds is 11. The zero-order chi connectivity index (χ0) is 25.9. The monoisotopic (exact) mass is 499 g/mol. The largest absolute Gasteiger partial charge is 0.496 e. The van der Waals surface area contributed by atoms with Crippen LogP contribution in [0.15, 0.2) is 36.5 Å². The van der Waals surface area contributed by atoms with Crippen LogP contribution in [-0.4, -0.2) is 60.7 Å². The first-order chi connectivity index (χ1) is 17.5. The van der Waals surface area contributed by atoms with E-state index in [1.165, 1.54) is 32.6 Å². The molecule has 9 heteroatoms. The van der Waals surface area contributed by atoms with E-state index in [2.05, 4.69) is 10.3 Å². The quantitative estimate of drug-likeness (QED) is 0.278. The number of hydrogen-bond acceptors (Lipinski definition) is 6. The average molecular weight is 500 g/mol. The van der Waals surface area contributed by atoms with Crippen molar-refractivity contribution in [3.05, 3.63) is 59.2 Å². The van der Waals surface area contributed by atoms with E-state index in [1.54, 1.807) is 24.3 Å². The number of aliphatic hydroxyl groups excluding tert-OH is 1. The fourth-order valence-electron chi connectivity index (χ4n) is 4.37. The van der Waals surface area contributed by atoms with Crippen LogP contribution in [0, 0.1) is 11.9 Å². The van der Waals surface area contributed by atoms with Crippen LogP contribution in [0.2, 0.25) is 0 Å². The molecule has 3 rings (SSSR count). The molecule has 1 aliphatic rings. The summed E-state index contributed by atoms with van der Waals surface area (Å²) in [6, 6.07) is 6.50.